The molecule has 34 heavy (non-hydrogen) atoms. The molecule has 0 fully saturated rings. The summed E-state index contributed by atoms with van der Waals surface area (Å²) >= 11 is 0. The fourth-order valence-corrected chi connectivity index (χ4v) is 4.00. The first-order chi connectivity index (χ1) is 16.6. The molecule has 0 radical (unpaired) electrons. The lowest BCUT2D eigenvalue weighted by Gasteiger charge is -2.12. The molecule has 1 aromatic carbocycles. The van der Waals surface area contributed by atoms with Crippen LogP contribution in [0.3, 0.4) is 0 Å². The maximum absolute atomic E-state index is 11.0. The number of aromatic carboxylic acids is 1. The predicted molar refractivity (Wildman–Crippen MR) is 142 cm³/mol. The summed E-state index contributed by atoms with van der Waals surface area (Å²) < 4.78 is 0. The fraction of sp³-hybridized carbons (Fsp3) is 0.593. The highest BCUT2D eigenvalue weighted by Gasteiger charge is 2.09. The van der Waals surface area contributed by atoms with Crippen LogP contribution in [0.4, 0.5) is 23.0 Å². The van der Waals surface area contributed by atoms with Crippen LogP contribution < -0.4 is 16.4 Å². The minimum atomic E-state index is -0.955. The van der Waals surface area contributed by atoms with Gasteiger partial charge in [0.2, 0.25) is 0 Å². The maximum atomic E-state index is 11.0. The summed E-state index contributed by atoms with van der Waals surface area (Å²) in [6.07, 6.45) is 20.3. The number of aromatic nitrogens is 2. The molecule has 2 aromatic rings. The number of nitrogens with two attached hydrogens (primary N) is 1. The van der Waals surface area contributed by atoms with Crippen LogP contribution >= 0.6 is 0 Å². The lowest BCUT2D eigenvalue weighted by Crippen LogP contribution is -2.09. The van der Waals surface area contributed by atoms with Gasteiger partial charge in [-0.3, -0.25) is 0 Å². The molecule has 0 aliphatic rings. The summed E-state index contributed by atoms with van der Waals surface area (Å²) in [6.45, 7) is 3.10. The lowest BCUT2D eigenvalue weighted by atomic mass is 10.0. The van der Waals surface area contributed by atoms with E-state index in [1.54, 1.807) is 12.1 Å². The third-order valence-electron chi connectivity index (χ3n) is 6.10. The number of nitrogens with one attached hydrogen (secondary N) is 2. The molecule has 1 heterocycles. The normalized spacial score (nSPS) is 10.9. The van der Waals surface area contributed by atoms with E-state index in [-0.39, 0.29) is 5.56 Å². The molecule has 0 aliphatic carbocycles. The van der Waals surface area contributed by atoms with Gasteiger partial charge in [0.25, 0.3) is 0 Å². The average molecular weight is 470 g/mol. The molecule has 0 aliphatic heterocycles. The molecule has 0 atom stereocenters. The van der Waals surface area contributed by atoms with Gasteiger partial charge in [-0.2, -0.15) is 0 Å². The number of nitrogens with zero attached hydrogens (tertiary/aromatic N) is 2. The molecule has 0 bridgehead atoms. The molecule has 0 unspecified atom stereocenters. The Kier molecular flexibility index (Phi) is 13.5. The van der Waals surface area contributed by atoms with E-state index in [1.165, 1.54) is 102 Å². The summed E-state index contributed by atoms with van der Waals surface area (Å²) in [4.78, 5) is 19.4. The Morgan fingerprint density at radius 3 is 1.82 bits per heavy atom. The van der Waals surface area contributed by atoms with Gasteiger partial charge in [-0.05, 0) is 30.7 Å². The molecule has 0 saturated heterocycles. The van der Waals surface area contributed by atoms with Crippen LogP contribution in [-0.2, 0) is 0 Å². The van der Waals surface area contributed by atoms with E-state index in [2.05, 4.69) is 27.5 Å². The highest BCUT2D eigenvalue weighted by Crippen LogP contribution is 2.26. The average Bonchev–Trinajstić information content (AvgIpc) is 2.84. The van der Waals surface area contributed by atoms with Gasteiger partial charge in [0, 0.05) is 12.2 Å². The summed E-state index contributed by atoms with van der Waals surface area (Å²) in [6, 6.07) is 6.45. The second-order valence-electron chi connectivity index (χ2n) is 9.02. The Hall–Kier alpha value is -2.83. The van der Waals surface area contributed by atoms with Crippen LogP contribution in [0.2, 0.25) is 0 Å². The highest BCUT2D eigenvalue weighted by atomic mass is 16.4. The number of nitrogen functional groups attached to an aromatic ring is 1. The predicted octanol–water partition coefficient (Wildman–Crippen LogP) is 7.39. The van der Waals surface area contributed by atoms with Crippen molar-refractivity contribution in [2.24, 2.45) is 0 Å². The van der Waals surface area contributed by atoms with Crippen molar-refractivity contribution in [3.8, 4) is 0 Å². The number of carboxylic acids is 1. The molecule has 7 nitrogen and oxygen atoms in total. The van der Waals surface area contributed by atoms with E-state index >= 15 is 0 Å². The number of anilines is 4. The first kappa shape index (κ1) is 27.4. The number of unbranched alkanes of at least 4 members (excludes halogenated alkanes) is 13. The van der Waals surface area contributed by atoms with Gasteiger partial charge in [-0.15, -0.1) is 0 Å². The SMILES string of the molecule is CCCCCCCCCCCCCCCCNc1ncnc(Nc2ccc(C(=O)O)cc2)c1N. The zero-order chi connectivity index (χ0) is 24.4. The van der Waals surface area contributed by atoms with Crippen molar-refractivity contribution in [2.45, 2.75) is 96.8 Å². The Bertz CT molecular complexity index is 826. The third kappa shape index (κ3) is 10.9. The Morgan fingerprint density at radius 1 is 0.794 bits per heavy atom. The quantitative estimate of drug-likeness (QED) is 0.159. The van der Waals surface area contributed by atoms with Crippen LogP contribution in [0.25, 0.3) is 0 Å². The van der Waals surface area contributed by atoms with Crippen molar-refractivity contribution in [3.05, 3.63) is 36.2 Å². The Morgan fingerprint density at radius 2 is 1.29 bits per heavy atom. The van der Waals surface area contributed by atoms with Gasteiger partial charge in [0.15, 0.2) is 11.6 Å². The number of carboxylic acid groups (broad SMARTS) is 1. The van der Waals surface area contributed by atoms with E-state index in [0.717, 1.165) is 13.0 Å². The topological polar surface area (TPSA) is 113 Å². The maximum Gasteiger partial charge on any atom is 0.335 e. The van der Waals surface area contributed by atoms with Crippen LogP contribution in [0.1, 0.15) is 107 Å². The third-order valence-corrected chi connectivity index (χ3v) is 6.10. The molecule has 188 valence electrons. The molecular formula is C27H43N5O2. The minimum absolute atomic E-state index is 0.233. The Balaban J connectivity index is 1.55. The Labute approximate surface area is 205 Å². The van der Waals surface area contributed by atoms with E-state index in [0.29, 0.717) is 23.0 Å². The second kappa shape index (κ2) is 16.7. The molecule has 0 saturated carbocycles. The first-order valence-electron chi connectivity index (χ1n) is 13.1. The molecule has 5 N–H and O–H groups in total. The van der Waals surface area contributed by atoms with Crippen molar-refractivity contribution in [3.63, 3.8) is 0 Å². The van der Waals surface area contributed by atoms with E-state index < -0.39 is 5.97 Å². The van der Waals surface area contributed by atoms with Gasteiger partial charge in [0.1, 0.15) is 12.0 Å². The van der Waals surface area contributed by atoms with Gasteiger partial charge in [-0.1, -0.05) is 90.4 Å². The van der Waals surface area contributed by atoms with Crippen LogP contribution in [0, 0.1) is 0 Å². The van der Waals surface area contributed by atoms with Crippen LogP contribution in [-0.4, -0.2) is 27.6 Å². The van der Waals surface area contributed by atoms with Gasteiger partial charge >= 0.3 is 5.97 Å². The van der Waals surface area contributed by atoms with E-state index in [9.17, 15) is 4.79 Å². The molecule has 7 heteroatoms. The monoisotopic (exact) mass is 469 g/mol. The molecular weight excluding hydrogens is 426 g/mol. The number of benzene rings is 1. The first-order valence-corrected chi connectivity index (χ1v) is 13.1. The minimum Gasteiger partial charge on any atom is -0.478 e. The van der Waals surface area contributed by atoms with Crippen molar-refractivity contribution in [2.75, 3.05) is 22.9 Å². The molecule has 2 rings (SSSR count). The van der Waals surface area contributed by atoms with Gasteiger partial charge < -0.3 is 21.5 Å². The van der Waals surface area contributed by atoms with Crippen LogP contribution in [0.5, 0.6) is 0 Å². The second-order valence-corrected chi connectivity index (χ2v) is 9.02. The summed E-state index contributed by atoms with van der Waals surface area (Å²) in [5.41, 5.74) is 7.63. The van der Waals surface area contributed by atoms with Gasteiger partial charge in [-0.25, -0.2) is 14.8 Å². The number of rotatable bonds is 19. The standard InChI is InChI=1S/C27H43N5O2/c1-2-3-4-5-6-7-8-9-10-11-12-13-14-15-20-29-25-24(28)26(31-21-30-25)32-23-18-16-22(17-19-23)27(33)34/h16-19,21H,2-15,20,28H2,1H3,(H,33,34)(H2,29,30,31,32). The number of carbonyl (C=O) groups is 1. The van der Waals surface area contributed by atoms with Crippen molar-refractivity contribution in [1.82, 2.24) is 9.97 Å². The van der Waals surface area contributed by atoms with Gasteiger partial charge in [0.05, 0.1) is 5.56 Å². The van der Waals surface area contributed by atoms with Crippen LogP contribution in [0.15, 0.2) is 30.6 Å². The number of hydrogen-bond acceptors (Lipinski definition) is 6. The zero-order valence-electron chi connectivity index (χ0n) is 20.8. The number of hydrogen-bond donors (Lipinski definition) is 4. The molecule has 0 spiro atoms. The zero-order valence-corrected chi connectivity index (χ0v) is 20.8. The summed E-state index contributed by atoms with van der Waals surface area (Å²) in [7, 11) is 0. The van der Waals surface area contributed by atoms with Crippen molar-refractivity contribution in [1.29, 1.82) is 0 Å². The highest BCUT2D eigenvalue weighted by molar-refractivity contribution is 5.88. The summed E-state index contributed by atoms with van der Waals surface area (Å²) in [5, 5.41) is 15.4. The smallest absolute Gasteiger partial charge is 0.335 e. The van der Waals surface area contributed by atoms with Crippen molar-refractivity contribution >= 4 is 29.0 Å². The fourth-order valence-electron chi connectivity index (χ4n) is 4.00. The largest absolute Gasteiger partial charge is 0.478 e. The van der Waals surface area contributed by atoms with E-state index in [4.69, 9.17) is 10.8 Å². The van der Waals surface area contributed by atoms with E-state index in [1.807, 2.05) is 0 Å². The molecule has 0 amide bonds. The summed E-state index contributed by atoms with van der Waals surface area (Å²) in [5.74, 6) is 0.166. The molecule has 1 aromatic heterocycles. The van der Waals surface area contributed by atoms with Crippen molar-refractivity contribution < 1.29 is 9.90 Å². The lowest BCUT2D eigenvalue weighted by molar-refractivity contribution is 0.0697.